The lowest BCUT2D eigenvalue weighted by Gasteiger charge is -2.33. The Balaban J connectivity index is 1.34. The number of nitrogens with one attached hydrogen (secondary N) is 1. The Morgan fingerprint density at radius 1 is 1.10 bits per heavy atom. The summed E-state index contributed by atoms with van der Waals surface area (Å²) < 4.78 is 44.6. The Hall–Kier alpha value is -2.79. The predicted octanol–water partition coefficient (Wildman–Crippen LogP) is 0.653. The van der Waals surface area contributed by atoms with E-state index in [9.17, 15) is 17.6 Å². The molecule has 1 aliphatic heterocycles. The number of nitrogens with zero attached hydrogens (tertiary/aromatic N) is 4. The summed E-state index contributed by atoms with van der Waals surface area (Å²) in [6, 6.07) is 7.07. The summed E-state index contributed by atoms with van der Waals surface area (Å²) in [5, 5.41) is 2.62. The van der Waals surface area contributed by atoms with Crippen LogP contribution in [0.2, 0.25) is 0 Å². The van der Waals surface area contributed by atoms with Crippen molar-refractivity contribution in [3.05, 3.63) is 48.5 Å². The van der Waals surface area contributed by atoms with Crippen LogP contribution < -0.4 is 15.0 Å². The van der Waals surface area contributed by atoms with Gasteiger partial charge in [0, 0.05) is 45.1 Å². The number of anilines is 1. The summed E-state index contributed by atoms with van der Waals surface area (Å²) in [6.45, 7) is 1.81. The molecule has 2 aromatic rings. The Labute approximate surface area is 174 Å². The minimum absolute atomic E-state index is 0.0477. The van der Waals surface area contributed by atoms with E-state index in [4.69, 9.17) is 4.74 Å². The Kier molecular flexibility index (Phi) is 7.52. The van der Waals surface area contributed by atoms with Crippen LogP contribution >= 0.6 is 0 Å². The summed E-state index contributed by atoms with van der Waals surface area (Å²) in [5.74, 6) is 0.179. The first kappa shape index (κ1) is 21.9. The number of halogens is 1. The molecule has 1 saturated heterocycles. The highest BCUT2D eigenvalue weighted by Gasteiger charge is 2.27. The number of hydrogen-bond donors (Lipinski definition) is 1. The maximum absolute atomic E-state index is 12.8. The number of piperazine rings is 1. The van der Waals surface area contributed by atoms with Crippen molar-refractivity contribution in [1.82, 2.24) is 19.6 Å². The maximum Gasteiger partial charge on any atom is 0.257 e. The van der Waals surface area contributed by atoms with Crippen LogP contribution in [0.5, 0.6) is 5.75 Å². The second kappa shape index (κ2) is 10.3. The first-order valence-corrected chi connectivity index (χ1v) is 11.2. The van der Waals surface area contributed by atoms with Gasteiger partial charge in [-0.25, -0.2) is 22.8 Å². The number of ether oxygens (including phenoxy) is 1. The monoisotopic (exact) mass is 437 g/mol. The minimum Gasteiger partial charge on any atom is -0.484 e. The van der Waals surface area contributed by atoms with Gasteiger partial charge in [-0.3, -0.25) is 4.79 Å². The van der Waals surface area contributed by atoms with Crippen LogP contribution in [0.15, 0.2) is 42.7 Å². The third-order valence-electron chi connectivity index (χ3n) is 4.55. The summed E-state index contributed by atoms with van der Waals surface area (Å²) in [6.07, 6.45) is 3.61. The van der Waals surface area contributed by atoms with Crippen LogP contribution in [0.3, 0.4) is 0 Å². The first-order chi connectivity index (χ1) is 14.4. The van der Waals surface area contributed by atoms with Crippen molar-refractivity contribution in [2.75, 3.05) is 50.0 Å². The Morgan fingerprint density at radius 2 is 1.77 bits per heavy atom. The molecule has 0 unspecified atom stereocenters. The average Bonchev–Trinajstić information content (AvgIpc) is 2.77. The molecule has 0 aliphatic carbocycles. The SMILES string of the molecule is O=C(COc1ccc(F)cc1)NCCCS(=O)(=O)N1CCN(c2ncccn2)CC1. The molecule has 30 heavy (non-hydrogen) atoms. The molecule has 0 atom stereocenters. The average molecular weight is 437 g/mol. The maximum atomic E-state index is 12.8. The van der Waals surface area contributed by atoms with E-state index in [-0.39, 0.29) is 30.6 Å². The van der Waals surface area contributed by atoms with Gasteiger partial charge >= 0.3 is 0 Å². The lowest BCUT2D eigenvalue weighted by atomic mass is 10.3. The number of carbonyl (C=O) groups is 1. The molecule has 9 nitrogen and oxygen atoms in total. The molecular formula is C19H24FN5O4S. The number of carbonyl (C=O) groups excluding carboxylic acids is 1. The molecule has 0 spiro atoms. The summed E-state index contributed by atoms with van der Waals surface area (Å²) in [4.78, 5) is 22.1. The summed E-state index contributed by atoms with van der Waals surface area (Å²) >= 11 is 0. The number of amides is 1. The number of benzene rings is 1. The van der Waals surface area contributed by atoms with Crippen LogP contribution in [0.4, 0.5) is 10.3 Å². The van der Waals surface area contributed by atoms with E-state index in [0.717, 1.165) is 0 Å². The zero-order valence-corrected chi connectivity index (χ0v) is 17.2. The minimum atomic E-state index is -3.40. The van der Waals surface area contributed by atoms with Crippen LogP contribution in [-0.4, -0.2) is 73.7 Å². The van der Waals surface area contributed by atoms with Crippen molar-refractivity contribution in [3.8, 4) is 5.75 Å². The fourth-order valence-electron chi connectivity index (χ4n) is 2.96. The van der Waals surface area contributed by atoms with E-state index >= 15 is 0 Å². The number of aromatic nitrogens is 2. The zero-order chi connectivity index (χ0) is 21.4. The summed E-state index contributed by atoms with van der Waals surface area (Å²) in [7, 11) is -3.40. The van der Waals surface area contributed by atoms with E-state index in [2.05, 4.69) is 15.3 Å². The number of sulfonamides is 1. The highest BCUT2D eigenvalue weighted by atomic mass is 32.2. The van der Waals surface area contributed by atoms with Gasteiger partial charge in [-0.1, -0.05) is 0 Å². The van der Waals surface area contributed by atoms with Crippen molar-refractivity contribution < 1.29 is 22.3 Å². The third-order valence-corrected chi connectivity index (χ3v) is 6.51. The largest absolute Gasteiger partial charge is 0.484 e. The van der Waals surface area contributed by atoms with E-state index in [1.165, 1.54) is 28.6 Å². The second-order valence-electron chi connectivity index (χ2n) is 6.70. The van der Waals surface area contributed by atoms with Crippen molar-refractivity contribution >= 4 is 21.9 Å². The normalized spacial score (nSPS) is 15.0. The van der Waals surface area contributed by atoms with Gasteiger partial charge in [-0.05, 0) is 36.8 Å². The topological polar surface area (TPSA) is 105 Å². The smallest absolute Gasteiger partial charge is 0.257 e. The molecule has 1 fully saturated rings. The van der Waals surface area contributed by atoms with Crippen LogP contribution in [0.1, 0.15) is 6.42 Å². The highest BCUT2D eigenvalue weighted by molar-refractivity contribution is 7.89. The highest BCUT2D eigenvalue weighted by Crippen LogP contribution is 2.13. The lowest BCUT2D eigenvalue weighted by molar-refractivity contribution is -0.123. The van der Waals surface area contributed by atoms with Gasteiger partial charge in [0.2, 0.25) is 16.0 Å². The van der Waals surface area contributed by atoms with Gasteiger partial charge in [0.25, 0.3) is 5.91 Å². The zero-order valence-electron chi connectivity index (χ0n) is 16.4. The van der Waals surface area contributed by atoms with E-state index in [1.807, 2.05) is 4.90 Å². The molecule has 0 radical (unpaired) electrons. The third kappa shape index (κ3) is 6.36. The van der Waals surface area contributed by atoms with Gasteiger partial charge in [0.05, 0.1) is 5.75 Å². The number of rotatable bonds is 9. The summed E-state index contributed by atoms with van der Waals surface area (Å²) in [5.41, 5.74) is 0. The molecule has 1 aromatic carbocycles. The Bertz CT molecular complexity index is 920. The van der Waals surface area contributed by atoms with E-state index < -0.39 is 10.0 Å². The van der Waals surface area contributed by atoms with Crippen molar-refractivity contribution in [1.29, 1.82) is 0 Å². The molecular weight excluding hydrogens is 413 g/mol. The molecule has 162 valence electrons. The molecule has 1 aliphatic rings. The Morgan fingerprint density at radius 3 is 2.43 bits per heavy atom. The van der Waals surface area contributed by atoms with Gasteiger partial charge in [-0.15, -0.1) is 0 Å². The molecule has 1 N–H and O–H groups in total. The standard InChI is InChI=1S/C19H24FN5O4S/c20-16-3-5-17(6-4-16)29-15-18(26)21-9-2-14-30(27,28)25-12-10-24(11-13-25)19-22-7-1-8-23-19/h1,3-8H,2,9-15H2,(H,21,26). The van der Waals surface area contributed by atoms with Gasteiger partial charge in [-0.2, -0.15) is 4.31 Å². The molecule has 2 heterocycles. The lowest BCUT2D eigenvalue weighted by Crippen LogP contribution is -2.50. The molecule has 3 rings (SSSR count). The van der Waals surface area contributed by atoms with Crippen LogP contribution in [-0.2, 0) is 14.8 Å². The van der Waals surface area contributed by atoms with E-state index in [1.54, 1.807) is 18.5 Å². The molecule has 0 saturated carbocycles. The molecule has 1 aromatic heterocycles. The van der Waals surface area contributed by atoms with Crippen LogP contribution in [0.25, 0.3) is 0 Å². The second-order valence-corrected chi connectivity index (χ2v) is 8.79. The molecule has 11 heteroatoms. The van der Waals surface area contributed by atoms with Crippen molar-refractivity contribution in [3.63, 3.8) is 0 Å². The molecule has 1 amide bonds. The fraction of sp³-hybridized carbons (Fsp3) is 0.421. The van der Waals surface area contributed by atoms with Crippen molar-refractivity contribution in [2.24, 2.45) is 0 Å². The first-order valence-electron chi connectivity index (χ1n) is 9.59. The fourth-order valence-corrected chi connectivity index (χ4v) is 4.45. The van der Waals surface area contributed by atoms with Crippen LogP contribution in [0, 0.1) is 5.82 Å². The van der Waals surface area contributed by atoms with Crippen molar-refractivity contribution in [2.45, 2.75) is 6.42 Å². The van der Waals surface area contributed by atoms with E-state index in [0.29, 0.717) is 44.3 Å². The number of hydrogen-bond acceptors (Lipinski definition) is 7. The molecule has 0 bridgehead atoms. The van der Waals surface area contributed by atoms with Gasteiger partial charge < -0.3 is 15.0 Å². The van der Waals surface area contributed by atoms with Gasteiger partial charge in [0.15, 0.2) is 6.61 Å². The quantitative estimate of drug-likeness (QED) is 0.575. The van der Waals surface area contributed by atoms with Gasteiger partial charge in [0.1, 0.15) is 11.6 Å². The predicted molar refractivity (Wildman–Crippen MR) is 109 cm³/mol.